The molecule has 0 saturated carbocycles. The summed E-state index contributed by atoms with van der Waals surface area (Å²) in [5, 5.41) is 16.4. The molecule has 2 aromatic rings. The van der Waals surface area contributed by atoms with E-state index in [1.165, 1.54) is 16.3 Å². The van der Waals surface area contributed by atoms with E-state index < -0.39 is 5.60 Å². The lowest BCUT2D eigenvalue weighted by molar-refractivity contribution is 0.0363. The van der Waals surface area contributed by atoms with Gasteiger partial charge in [0.05, 0.1) is 5.60 Å². The van der Waals surface area contributed by atoms with Gasteiger partial charge in [0.2, 0.25) is 0 Å². The molecule has 0 bridgehead atoms. The molecule has 2 aromatic carbocycles. The number of rotatable bonds is 6. The van der Waals surface area contributed by atoms with Crippen molar-refractivity contribution in [1.29, 1.82) is 0 Å². The summed E-state index contributed by atoms with van der Waals surface area (Å²) in [4.78, 5) is 0. The fraction of sp³-hybridized carbons (Fsp3) is 0.474. The number of benzene rings is 2. The van der Waals surface area contributed by atoms with Gasteiger partial charge < -0.3 is 10.4 Å². The highest BCUT2D eigenvalue weighted by molar-refractivity contribution is 5.83. The molecular formula is C19H27NO. The van der Waals surface area contributed by atoms with E-state index >= 15 is 0 Å². The Bertz CT molecular complexity index is 589. The first-order valence-electron chi connectivity index (χ1n) is 7.82. The maximum atomic E-state index is 10.4. The zero-order valence-electron chi connectivity index (χ0n) is 13.6. The lowest BCUT2D eigenvalue weighted by Crippen LogP contribution is -2.39. The van der Waals surface area contributed by atoms with E-state index in [1.54, 1.807) is 0 Å². The maximum absolute atomic E-state index is 10.4. The van der Waals surface area contributed by atoms with Gasteiger partial charge in [-0.1, -0.05) is 50.2 Å². The molecule has 0 aliphatic carbocycles. The minimum absolute atomic E-state index is 0.230. The fourth-order valence-electron chi connectivity index (χ4n) is 2.92. The van der Waals surface area contributed by atoms with Gasteiger partial charge in [0.25, 0.3) is 0 Å². The molecule has 0 amide bonds. The Balaban J connectivity index is 2.03. The highest BCUT2D eigenvalue weighted by atomic mass is 16.3. The third kappa shape index (κ3) is 4.55. The molecule has 21 heavy (non-hydrogen) atoms. The van der Waals surface area contributed by atoms with Gasteiger partial charge in [0, 0.05) is 12.6 Å². The van der Waals surface area contributed by atoms with Gasteiger partial charge in [-0.25, -0.2) is 0 Å². The molecule has 2 rings (SSSR count). The van der Waals surface area contributed by atoms with E-state index in [2.05, 4.69) is 68.6 Å². The summed E-state index contributed by atoms with van der Waals surface area (Å²) in [5.41, 5.74) is 0.605. The molecule has 0 fully saturated rings. The van der Waals surface area contributed by atoms with Crippen LogP contribution >= 0.6 is 0 Å². The third-order valence-corrected chi connectivity index (χ3v) is 3.91. The van der Waals surface area contributed by atoms with E-state index in [0.717, 1.165) is 6.42 Å². The first kappa shape index (κ1) is 16.0. The zero-order chi connectivity index (χ0) is 15.5. The van der Waals surface area contributed by atoms with Crippen molar-refractivity contribution in [3.8, 4) is 0 Å². The predicted molar refractivity (Wildman–Crippen MR) is 90.4 cm³/mol. The number of nitrogens with one attached hydrogen (secondary N) is 1. The van der Waals surface area contributed by atoms with Crippen molar-refractivity contribution in [3.63, 3.8) is 0 Å². The van der Waals surface area contributed by atoms with Gasteiger partial charge in [-0.3, -0.25) is 0 Å². The van der Waals surface area contributed by atoms with Crippen molar-refractivity contribution >= 4 is 10.8 Å². The fourth-order valence-corrected chi connectivity index (χ4v) is 2.92. The standard InChI is InChI=1S/C19H27NO/c1-14(2)12-19(4,21)13-20-15(3)17-10-9-16-7-5-6-8-18(16)11-17/h5-11,14-15,20-21H,12-13H2,1-4H3. The zero-order valence-corrected chi connectivity index (χ0v) is 13.6. The monoisotopic (exact) mass is 285 g/mol. The molecule has 0 aliphatic heterocycles. The molecular weight excluding hydrogens is 258 g/mol. The van der Waals surface area contributed by atoms with Gasteiger partial charge in [0.1, 0.15) is 0 Å². The van der Waals surface area contributed by atoms with E-state index in [-0.39, 0.29) is 6.04 Å². The number of hydrogen-bond acceptors (Lipinski definition) is 2. The van der Waals surface area contributed by atoms with Crippen LogP contribution < -0.4 is 5.32 Å². The highest BCUT2D eigenvalue weighted by Gasteiger charge is 2.22. The van der Waals surface area contributed by atoms with Crippen LogP contribution in [0.5, 0.6) is 0 Å². The first-order chi connectivity index (χ1) is 9.87. The van der Waals surface area contributed by atoms with Crippen LogP contribution in [-0.2, 0) is 0 Å². The summed E-state index contributed by atoms with van der Waals surface area (Å²) in [7, 11) is 0. The Morgan fingerprint density at radius 3 is 2.38 bits per heavy atom. The Morgan fingerprint density at radius 2 is 1.71 bits per heavy atom. The molecule has 2 unspecified atom stereocenters. The lowest BCUT2D eigenvalue weighted by Gasteiger charge is -2.28. The second kappa shape index (κ2) is 6.59. The topological polar surface area (TPSA) is 32.3 Å². The van der Waals surface area contributed by atoms with Crippen molar-refractivity contribution < 1.29 is 5.11 Å². The molecule has 0 aliphatic rings. The smallest absolute Gasteiger partial charge is 0.0746 e. The maximum Gasteiger partial charge on any atom is 0.0746 e. The Kier molecular flexibility index (Phi) is 5.02. The molecule has 2 atom stereocenters. The lowest BCUT2D eigenvalue weighted by atomic mass is 9.93. The molecule has 0 saturated heterocycles. The van der Waals surface area contributed by atoms with E-state index in [1.807, 2.05) is 6.92 Å². The van der Waals surface area contributed by atoms with Gasteiger partial charge >= 0.3 is 0 Å². The van der Waals surface area contributed by atoms with Crippen molar-refractivity contribution in [2.45, 2.75) is 45.8 Å². The van der Waals surface area contributed by atoms with Gasteiger partial charge in [-0.15, -0.1) is 0 Å². The molecule has 2 nitrogen and oxygen atoms in total. The van der Waals surface area contributed by atoms with Crippen molar-refractivity contribution in [1.82, 2.24) is 5.32 Å². The molecule has 0 radical (unpaired) electrons. The molecule has 0 heterocycles. The van der Waals surface area contributed by atoms with Crippen LogP contribution in [0.15, 0.2) is 42.5 Å². The van der Waals surface area contributed by atoms with E-state index in [4.69, 9.17) is 0 Å². The minimum atomic E-state index is -0.653. The minimum Gasteiger partial charge on any atom is -0.389 e. The predicted octanol–water partition coefficient (Wildman–Crippen LogP) is 4.29. The van der Waals surface area contributed by atoms with E-state index in [0.29, 0.717) is 12.5 Å². The van der Waals surface area contributed by atoms with Crippen LogP contribution in [0.1, 0.15) is 45.7 Å². The number of fused-ring (bicyclic) bond motifs is 1. The van der Waals surface area contributed by atoms with Crippen LogP contribution in [0.4, 0.5) is 0 Å². The average molecular weight is 285 g/mol. The highest BCUT2D eigenvalue weighted by Crippen LogP contribution is 2.21. The Hall–Kier alpha value is -1.38. The van der Waals surface area contributed by atoms with E-state index in [9.17, 15) is 5.11 Å². The molecule has 0 aromatic heterocycles. The first-order valence-corrected chi connectivity index (χ1v) is 7.82. The molecule has 0 spiro atoms. The summed E-state index contributed by atoms with van der Waals surface area (Å²) in [6, 6.07) is 15.2. The van der Waals surface area contributed by atoms with Crippen LogP contribution in [0, 0.1) is 5.92 Å². The number of aliphatic hydroxyl groups is 1. The largest absolute Gasteiger partial charge is 0.389 e. The number of hydrogen-bond donors (Lipinski definition) is 2. The average Bonchev–Trinajstić information content (AvgIpc) is 2.43. The van der Waals surface area contributed by atoms with Crippen LogP contribution in [0.3, 0.4) is 0 Å². The Labute approximate surface area is 128 Å². The van der Waals surface area contributed by atoms with Gasteiger partial charge in [-0.2, -0.15) is 0 Å². The third-order valence-electron chi connectivity index (χ3n) is 3.91. The molecule has 114 valence electrons. The summed E-state index contributed by atoms with van der Waals surface area (Å²) in [5.74, 6) is 0.498. The van der Waals surface area contributed by atoms with Crippen molar-refractivity contribution in [2.75, 3.05) is 6.54 Å². The molecule has 2 heteroatoms. The van der Waals surface area contributed by atoms with Crippen molar-refractivity contribution in [3.05, 3.63) is 48.0 Å². The normalized spacial score (nSPS) is 16.1. The van der Waals surface area contributed by atoms with Crippen molar-refractivity contribution in [2.24, 2.45) is 5.92 Å². The van der Waals surface area contributed by atoms with Crippen LogP contribution in [-0.4, -0.2) is 17.3 Å². The second-order valence-corrected chi connectivity index (χ2v) is 6.80. The second-order valence-electron chi connectivity index (χ2n) is 6.80. The summed E-state index contributed by atoms with van der Waals surface area (Å²) >= 11 is 0. The summed E-state index contributed by atoms with van der Waals surface area (Å²) in [6.07, 6.45) is 0.810. The molecule has 2 N–H and O–H groups in total. The summed E-state index contributed by atoms with van der Waals surface area (Å²) < 4.78 is 0. The van der Waals surface area contributed by atoms with Gasteiger partial charge in [-0.05, 0) is 48.6 Å². The van der Waals surface area contributed by atoms with Crippen LogP contribution in [0.25, 0.3) is 10.8 Å². The SMILES string of the molecule is CC(C)CC(C)(O)CNC(C)c1ccc2ccccc2c1. The summed E-state index contributed by atoms with van der Waals surface area (Å²) in [6.45, 7) is 8.95. The van der Waals surface area contributed by atoms with Crippen LogP contribution in [0.2, 0.25) is 0 Å². The quantitative estimate of drug-likeness (QED) is 0.830. The van der Waals surface area contributed by atoms with Gasteiger partial charge in [0.15, 0.2) is 0 Å². The Morgan fingerprint density at radius 1 is 1.05 bits per heavy atom.